The fourth-order valence-electron chi connectivity index (χ4n) is 1.57. The summed E-state index contributed by atoms with van der Waals surface area (Å²) < 4.78 is 4.89. The topological polar surface area (TPSA) is 72.5 Å². The molecule has 1 N–H and O–H groups in total. The predicted molar refractivity (Wildman–Crippen MR) is 79.2 cm³/mol. The van der Waals surface area contributed by atoms with Crippen molar-refractivity contribution in [1.29, 1.82) is 0 Å². The lowest BCUT2D eigenvalue weighted by atomic mass is 10.1. The zero-order valence-electron chi connectivity index (χ0n) is 11.3. The van der Waals surface area contributed by atoms with Gasteiger partial charge < -0.3 is 10.1 Å². The molecule has 1 aromatic carbocycles. The molecule has 0 saturated heterocycles. The van der Waals surface area contributed by atoms with Crippen LogP contribution in [0.2, 0.25) is 0 Å². The molecule has 0 aliphatic rings. The summed E-state index contributed by atoms with van der Waals surface area (Å²) in [6.07, 6.45) is 0. The van der Waals surface area contributed by atoms with Crippen molar-refractivity contribution in [2.24, 2.45) is 0 Å². The highest BCUT2D eigenvalue weighted by molar-refractivity contribution is 7.09. The second-order valence-corrected chi connectivity index (χ2v) is 5.28. The molecule has 0 atom stereocenters. The van der Waals surface area contributed by atoms with Crippen LogP contribution in [0.5, 0.6) is 0 Å². The number of carbonyl (C=O) groups is 3. The molecule has 21 heavy (non-hydrogen) atoms. The normalized spacial score (nSPS) is 9.95. The lowest BCUT2D eigenvalue weighted by molar-refractivity contribution is -0.153. The Morgan fingerprint density at radius 2 is 1.86 bits per heavy atom. The molecule has 2 rings (SSSR count). The molecule has 0 fully saturated rings. The van der Waals surface area contributed by atoms with Crippen molar-refractivity contribution in [1.82, 2.24) is 0 Å². The van der Waals surface area contributed by atoms with Crippen LogP contribution in [0.15, 0.2) is 41.8 Å². The lowest BCUT2D eigenvalue weighted by Gasteiger charge is -2.05. The predicted octanol–water partition coefficient (Wildman–Crippen LogP) is 2.63. The largest absolute Gasteiger partial charge is 0.453 e. The number of ether oxygens (including phenoxy) is 1. The summed E-state index contributed by atoms with van der Waals surface area (Å²) in [6, 6.07) is 9.92. The van der Waals surface area contributed by atoms with E-state index in [1.807, 2.05) is 17.5 Å². The first-order valence-corrected chi connectivity index (χ1v) is 7.05. The van der Waals surface area contributed by atoms with Gasteiger partial charge in [0, 0.05) is 16.1 Å². The van der Waals surface area contributed by atoms with Gasteiger partial charge >= 0.3 is 11.9 Å². The van der Waals surface area contributed by atoms with Crippen molar-refractivity contribution in [3.63, 3.8) is 0 Å². The molecule has 2 aromatic rings. The lowest BCUT2D eigenvalue weighted by Crippen LogP contribution is -2.24. The van der Waals surface area contributed by atoms with E-state index in [0.29, 0.717) is 11.3 Å². The first-order chi connectivity index (χ1) is 10.1. The first kappa shape index (κ1) is 14.9. The van der Waals surface area contributed by atoms with Gasteiger partial charge in [0.2, 0.25) is 0 Å². The van der Waals surface area contributed by atoms with E-state index in [2.05, 4.69) is 5.32 Å². The number of benzene rings is 1. The molecule has 0 aliphatic carbocycles. The summed E-state index contributed by atoms with van der Waals surface area (Å²) in [5.41, 5.74) is 0.964. The highest BCUT2D eigenvalue weighted by atomic mass is 32.1. The number of hydrogen-bond acceptors (Lipinski definition) is 5. The van der Waals surface area contributed by atoms with Gasteiger partial charge in [0.1, 0.15) is 6.61 Å². The Kier molecular flexibility index (Phi) is 4.84. The molecule has 0 saturated carbocycles. The number of Topliss-reactive ketones (excluding diaryl/α,β-unsaturated/α-hetero) is 1. The van der Waals surface area contributed by atoms with E-state index in [4.69, 9.17) is 4.74 Å². The van der Waals surface area contributed by atoms with Gasteiger partial charge in [0.25, 0.3) is 0 Å². The highest BCUT2D eigenvalue weighted by Gasteiger charge is 2.16. The number of ketones is 1. The highest BCUT2D eigenvalue weighted by Crippen LogP contribution is 2.11. The molecule has 0 unspecified atom stereocenters. The van der Waals surface area contributed by atoms with E-state index in [0.717, 1.165) is 4.88 Å². The van der Waals surface area contributed by atoms with Crippen LogP contribution in [0.1, 0.15) is 22.2 Å². The van der Waals surface area contributed by atoms with Crippen molar-refractivity contribution in [3.05, 3.63) is 52.2 Å². The molecule has 1 amide bonds. The third-order valence-corrected chi connectivity index (χ3v) is 3.51. The average molecular weight is 303 g/mol. The zero-order chi connectivity index (χ0) is 15.2. The first-order valence-electron chi connectivity index (χ1n) is 6.18. The Morgan fingerprint density at radius 3 is 2.43 bits per heavy atom. The number of thiophene rings is 1. The second-order valence-electron chi connectivity index (χ2n) is 4.24. The molecule has 1 heterocycles. The molecule has 1 aromatic heterocycles. The van der Waals surface area contributed by atoms with Gasteiger partial charge in [0.15, 0.2) is 5.78 Å². The number of anilines is 1. The van der Waals surface area contributed by atoms with Gasteiger partial charge in [-0.05, 0) is 42.6 Å². The van der Waals surface area contributed by atoms with Crippen LogP contribution in [-0.4, -0.2) is 17.7 Å². The Labute approximate surface area is 125 Å². The van der Waals surface area contributed by atoms with E-state index in [1.54, 1.807) is 24.3 Å². The van der Waals surface area contributed by atoms with Crippen LogP contribution in [0.4, 0.5) is 5.69 Å². The maximum atomic E-state index is 11.6. The third-order valence-electron chi connectivity index (χ3n) is 2.66. The Morgan fingerprint density at radius 1 is 1.14 bits per heavy atom. The van der Waals surface area contributed by atoms with Gasteiger partial charge in [-0.3, -0.25) is 9.59 Å². The summed E-state index contributed by atoms with van der Waals surface area (Å²) >= 11 is 1.44. The number of nitrogens with one attached hydrogen (secondary N) is 1. The van der Waals surface area contributed by atoms with Crippen LogP contribution in [0.3, 0.4) is 0 Å². The van der Waals surface area contributed by atoms with Crippen LogP contribution in [0, 0.1) is 0 Å². The minimum absolute atomic E-state index is 0.0664. The summed E-state index contributed by atoms with van der Waals surface area (Å²) in [5, 5.41) is 4.28. The number of esters is 1. The number of amides is 1. The quantitative estimate of drug-likeness (QED) is 0.535. The summed E-state index contributed by atoms with van der Waals surface area (Å²) in [7, 11) is 0. The summed E-state index contributed by atoms with van der Waals surface area (Å²) in [6.45, 7) is 1.53. The molecule has 0 radical (unpaired) electrons. The van der Waals surface area contributed by atoms with E-state index < -0.39 is 11.9 Å². The number of carbonyl (C=O) groups excluding carboxylic acids is 3. The molecular formula is C15H13NO4S. The maximum absolute atomic E-state index is 11.6. The van der Waals surface area contributed by atoms with Crippen molar-refractivity contribution < 1.29 is 19.1 Å². The monoisotopic (exact) mass is 303 g/mol. The Hall–Kier alpha value is -2.47. The van der Waals surface area contributed by atoms with Crippen molar-refractivity contribution in [2.75, 3.05) is 5.32 Å². The van der Waals surface area contributed by atoms with Crippen LogP contribution in [-0.2, 0) is 20.9 Å². The minimum atomic E-state index is -0.945. The van der Waals surface area contributed by atoms with Gasteiger partial charge in [0.05, 0.1) is 0 Å². The van der Waals surface area contributed by atoms with E-state index in [1.165, 1.54) is 18.3 Å². The maximum Gasteiger partial charge on any atom is 0.397 e. The Balaban J connectivity index is 1.88. The molecule has 108 valence electrons. The van der Waals surface area contributed by atoms with Crippen LogP contribution in [0.25, 0.3) is 0 Å². The zero-order valence-corrected chi connectivity index (χ0v) is 12.1. The molecule has 5 nitrogen and oxygen atoms in total. The molecule has 0 spiro atoms. The summed E-state index contributed by atoms with van der Waals surface area (Å²) in [4.78, 5) is 35.2. The molecular weight excluding hydrogens is 290 g/mol. The fraction of sp³-hybridized carbons (Fsp3) is 0.133. The molecule has 0 bridgehead atoms. The standard InChI is InChI=1S/C15H13NO4S/c1-10(17)11-4-6-12(7-5-11)16-14(18)15(19)20-9-13-3-2-8-21-13/h2-8H,9H2,1H3,(H,16,18). The average Bonchev–Trinajstić information content (AvgIpc) is 2.98. The third kappa shape index (κ3) is 4.25. The number of rotatable bonds is 4. The van der Waals surface area contributed by atoms with Crippen molar-refractivity contribution in [2.45, 2.75) is 13.5 Å². The molecule has 6 heteroatoms. The van der Waals surface area contributed by atoms with E-state index >= 15 is 0 Å². The SMILES string of the molecule is CC(=O)c1ccc(NC(=O)C(=O)OCc2cccs2)cc1. The Bertz CT molecular complexity index is 647. The van der Waals surface area contributed by atoms with Crippen molar-refractivity contribution in [3.8, 4) is 0 Å². The fourth-order valence-corrected chi connectivity index (χ4v) is 2.18. The minimum Gasteiger partial charge on any atom is -0.453 e. The second kappa shape index (κ2) is 6.81. The van der Waals surface area contributed by atoms with Crippen LogP contribution < -0.4 is 5.32 Å². The van der Waals surface area contributed by atoms with E-state index in [-0.39, 0.29) is 12.4 Å². The van der Waals surface area contributed by atoms with Gasteiger partial charge in [-0.25, -0.2) is 4.79 Å². The van der Waals surface area contributed by atoms with Crippen molar-refractivity contribution >= 4 is 34.7 Å². The van der Waals surface area contributed by atoms with Crippen LogP contribution >= 0.6 is 11.3 Å². The van der Waals surface area contributed by atoms with Gasteiger partial charge in [-0.15, -0.1) is 11.3 Å². The summed E-state index contributed by atoms with van der Waals surface area (Å²) in [5.74, 6) is -1.86. The smallest absolute Gasteiger partial charge is 0.397 e. The van der Waals surface area contributed by atoms with E-state index in [9.17, 15) is 14.4 Å². The number of hydrogen-bond donors (Lipinski definition) is 1. The molecule has 0 aliphatic heterocycles. The van der Waals surface area contributed by atoms with Gasteiger partial charge in [-0.2, -0.15) is 0 Å². The van der Waals surface area contributed by atoms with Gasteiger partial charge in [-0.1, -0.05) is 6.07 Å².